The zero-order chi connectivity index (χ0) is 22.8. The van der Waals surface area contributed by atoms with Crippen molar-refractivity contribution in [1.82, 2.24) is 14.2 Å². The summed E-state index contributed by atoms with van der Waals surface area (Å²) in [6.07, 6.45) is 1.85. The van der Waals surface area contributed by atoms with E-state index in [4.69, 9.17) is 0 Å². The summed E-state index contributed by atoms with van der Waals surface area (Å²) < 4.78 is 1.83. The van der Waals surface area contributed by atoms with Gasteiger partial charge in [-0.3, -0.25) is 14.5 Å². The number of carbonyl (C=O) groups is 2. The molecule has 33 heavy (non-hydrogen) atoms. The van der Waals surface area contributed by atoms with Crippen molar-refractivity contribution in [1.29, 1.82) is 0 Å². The normalized spacial score (nSPS) is 14.5. The first kappa shape index (κ1) is 21.2. The number of benzene rings is 2. The molecule has 1 aliphatic heterocycles. The summed E-state index contributed by atoms with van der Waals surface area (Å²) in [4.78, 5) is 30.8. The SMILES string of the molecule is Cc1ccc(-c2cc3ccccn3c2C(=O)C(=O)N2CCN(Cc3ccccc3)CC2)cc1. The third-order valence-electron chi connectivity index (χ3n) is 6.36. The van der Waals surface area contributed by atoms with E-state index in [1.165, 1.54) is 5.56 Å². The highest BCUT2D eigenvalue weighted by Gasteiger charge is 2.30. The van der Waals surface area contributed by atoms with E-state index in [0.29, 0.717) is 18.8 Å². The van der Waals surface area contributed by atoms with Crippen molar-refractivity contribution in [2.75, 3.05) is 26.2 Å². The van der Waals surface area contributed by atoms with E-state index >= 15 is 0 Å². The number of piperazine rings is 1. The Morgan fingerprint density at radius 1 is 0.818 bits per heavy atom. The van der Waals surface area contributed by atoms with Gasteiger partial charge >= 0.3 is 0 Å². The van der Waals surface area contributed by atoms with Crippen molar-refractivity contribution in [3.63, 3.8) is 0 Å². The van der Waals surface area contributed by atoms with Gasteiger partial charge in [0.25, 0.3) is 11.7 Å². The first-order chi connectivity index (χ1) is 16.1. The molecule has 1 aliphatic rings. The van der Waals surface area contributed by atoms with Crippen LogP contribution in [-0.4, -0.2) is 52.1 Å². The number of ketones is 1. The van der Waals surface area contributed by atoms with Gasteiger partial charge in [0.2, 0.25) is 0 Å². The van der Waals surface area contributed by atoms with Gasteiger partial charge < -0.3 is 9.30 Å². The molecule has 4 aromatic rings. The molecular formula is C28H27N3O2. The van der Waals surface area contributed by atoms with Crippen molar-refractivity contribution >= 4 is 17.2 Å². The lowest BCUT2D eigenvalue weighted by molar-refractivity contribution is -0.128. The molecule has 0 spiro atoms. The molecule has 3 heterocycles. The summed E-state index contributed by atoms with van der Waals surface area (Å²) in [5.74, 6) is -0.875. The van der Waals surface area contributed by atoms with Crippen LogP contribution in [0, 0.1) is 6.92 Å². The number of aromatic nitrogens is 1. The number of fused-ring (bicyclic) bond motifs is 1. The van der Waals surface area contributed by atoms with Gasteiger partial charge in [0.1, 0.15) is 5.69 Å². The van der Waals surface area contributed by atoms with E-state index < -0.39 is 11.7 Å². The van der Waals surface area contributed by atoms with Crippen LogP contribution in [0.25, 0.3) is 16.6 Å². The van der Waals surface area contributed by atoms with E-state index in [9.17, 15) is 9.59 Å². The minimum atomic E-state index is -0.451. The highest BCUT2D eigenvalue weighted by Crippen LogP contribution is 2.29. The van der Waals surface area contributed by atoms with Crippen LogP contribution in [0.4, 0.5) is 0 Å². The first-order valence-corrected chi connectivity index (χ1v) is 11.4. The van der Waals surface area contributed by atoms with Gasteiger partial charge in [-0.1, -0.05) is 66.2 Å². The van der Waals surface area contributed by atoms with Crippen LogP contribution >= 0.6 is 0 Å². The molecule has 5 nitrogen and oxygen atoms in total. The zero-order valence-electron chi connectivity index (χ0n) is 18.8. The lowest BCUT2D eigenvalue weighted by atomic mass is 10.0. The minimum absolute atomic E-state index is 0.424. The van der Waals surface area contributed by atoms with Crippen LogP contribution in [0.1, 0.15) is 21.6 Å². The second-order valence-electron chi connectivity index (χ2n) is 8.65. The quantitative estimate of drug-likeness (QED) is 0.343. The van der Waals surface area contributed by atoms with Crippen molar-refractivity contribution < 1.29 is 9.59 Å². The van der Waals surface area contributed by atoms with Crippen LogP contribution in [0.5, 0.6) is 0 Å². The summed E-state index contributed by atoms with van der Waals surface area (Å²) in [5, 5.41) is 0. The van der Waals surface area contributed by atoms with Gasteiger partial charge in [-0.05, 0) is 36.2 Å². The maximum absolute atomic E-state index is 13.5. The average Bonchev–Trinajstić information content (AvgIpc) is 3.24. The Morgan fingerprint density at radius 3 is 2.24 bits per heavy atom. The molecule has 0 saturated carbocycles. The molecule has 1 saturated heterocycles. The lowest BCUT2D eigenvalue weighted by Gasteiger charge is -2.34. The Hall–Kier alpha value is -3.70. The molecule has 1 amide bonds. The topological polar surface area (TPSA) is 45.0 Å². The average molecular weight is 438 g/mol. The van der Waals surface area contributed by atoms with Crippen molar-refractivity contribution in [3.8, 4) is 11.1 Å². The van der Waals surface area contributed by atoms with Gasteiger partial charge in [-0.2, -0.15) is 0 Å². The standard InChI is InChI=1S/C28H27N3O2/c1-21-10-12-23(13-11-21)25-19-24-9-5-6-14-31(24)26(25)27(32)28(33)30-17-15-29(16-18-30)20-22-7-3-2-4-8-22/h2-14,19H,15-18,20H2,1H3. The maximum atomic E-state index is 13.5. The molecule has 5 heteroatoms. The number of hydrogen-bond donors (Lipinski definition) is 0. The first-order valence-electron chi connectivity index (χ1n) is 11.4. The number of Topliss-reactive ketones (excluding diaryl/α,β-unsaturated/α-hetero) is 1. The lowest BCUT2D eigenvalue weighted by Crippen LogP contribution is -2.50. The molecule has 0 radical (unpaired) electrons. The van der Waals surface area contributed by atoms with Gasteiger partial charge in [-0.25, -0.2) is 0 Å². The summed E-state index contributed by atoms with van der Waals surface area (Å²) in [6.45, 7) is 5.52. The minimum Gasteiger partial charge on any atom is -0.333 e. The Bertz CT molecular complexity index is 1280. The number of amides is 1. The van der Waals surface area contributed by atoms with Crippen LogP contribution in [0.3, 0.4) is 0 Å². The number of hydrogen-bond acceptors (Lipinski definition) is 3. The largest absolute Gasteiger partial charge is 0.333 e. The van der Waals surface area contributed by atoms with Crippen LogP contribution in [0.15, 0.2) is 85.1 Å². The Morgan fingerprint density at radius 2 is 1.52 bits per heavy atom. The Balaban J connectivity index is 1.37. The molecule has 0 atom stereocenters. The third-order valence-corrected chi connectivity index (χ3v) is 6.36. The molecular weight excluding hydrogens is 410 g/mol. The number of aryl methyl sites for hydroxylation is 1. The Kier molecular flexibility index (Phi) is 5.80. The van der Waals surface area contributed by atoms with Crippen molar-refractivity contribution in [3.05, 3.63) is 102 Å². The predicted molar refractivity (Wildman–Crippen MR) is 130 cm³/mol. The molecule has 0 bridgehead atoms. The monoisotopic (exact) mass is 437 g/mol. The Labute approximate surface area is 193 Å². The molecule has 2 aromatic heterocycles. The van der Waals surface area contributed by atoms with E-state index in [1.54, 1.807) is 4.90 Å². The molecule has 0 aliphatic carbocycles. The van der Waals surface area contributed by atoms with E-state index in [-0.39, 0.29) is 0 Å². The molecule has 1 fully saturated rings. The van der Waals surface area contributed by atoms with E-state index in [1.807, 2.05) is 84.3 Å². The third kappa shape index (κ3) is 4.32. The molecule has 166 valence electrons. The summed E-state index contributed by atoms with van der Waals surface area (Å²) >= 11 is 0. The highest BCUT2D eigenvalue weighted by atomic mass is 16.2. The molecule has 5 rings (SSSR count). The van der Waals surface area contributed by atoms with Crippen LogP contribution in [-0.2, 0) is 11.3 Å². The molecule has 0 N–H and O–H groups in total. The smallest absolute Gasteiger partial charge is 0.296 e. The van der Waals surface area contributed by atoms with E-state index in [2.05, 4.69) is 17.0 Å². The van der Waals surface area contributed by atoms with Gasteiger partial charge in [0.05, 0.1) is 0 Å². The van der Waals surface area contributed by atoms with Crippen molar-refractivity contribution in [2.24, 2.45) is 0 Å². The number of nitrogens with zero attached hydrogens (tertiary/aromatic N) is 3. The van der Waals surface area contributed by atoms with Crippen LogP contribution in [0.2, 0.25) is 0 Å². The van der Waals surface area contributed by atoms with Gasteiger partial charge in [0, 0.05) is 50.0 Å². The highest BCUT2D eigenvalue weighted by molar-refractivity contribution is 6.43. The molecule has 0 unspecified atom stereocenters. The number of carbonyl (C=O) groups excluding carboxylic acids is 2. The predicted octanol–water partition coefficient (Wildman–Crippen LogP) is 4.44. The fourth-order valence-corrected chi connectivity index (χ4v) is 4.50. The summed E-state index contributed by atoms with van der Waals surface area (Å²) in [5.41, 5.74) is 5.48. The fourth-order valence-electron chi connectivity index (χ4n) is 4.50. The fraction of sp³-hybridized carbons (Fsp3) is 0.214. The molecule has 2 aromatic carbocycles. The van der Waals surface area contributed by atoms with Gasteiger partial charge in [-0.15, -0.1) is 0 Å². The number of pyridine rings is 1. The second kappa shape index (κ2) is 9.04. The second-order valence-corrected chi connectivity index (χ2v) is 8.65. The van der Waals surface area contributed by atoms with Crippen LogP contribution < -0.4 is 0 Å². The summed E-state index contributed by atoms with van der Waals surface area (Å²) in [6, 6.07) is 26.2. The maximum Gasteiger partial charge on any atom is 0.296 e. The van der Waals surface area contributed by atoms with Crippen molar-refractivity contribution in [2.45, 2.75) is 13.5 Å². The van der Waals surface area contributed by atoms with Gasteiger partial charge in [0.15, 0.2) is 0 Å². The van der Waals surface area contributed by atoms with E-state index in [0.717, 1.165) is 41.8 Å². The zero-order valence-corrected chi connectivity index (χ0v) is 18.8. The summed E-state index contributed by atoms with van der Waals surface area (Å²) in [7, 11) is 0. The number of rotatable bonds is 5.